The van der Waals surface area contributed by atoms with Gasteiger partial charge in [0.15, 0.2) is 0 Å². The van der Waals surface area contributed by atoms with Gasteiger partial charge in [-0.15, -0.1) is 9.24 Å². The Hall–Kier alpha value is -0.0357. The minimum atomic E-state index is -2.00. The fraction of sp³-hybridized carbons (Fsp3) is 0. The molecule has 0 N–H and O–H groups in total. The second kappa shape index (κ2) is 7.08. The van der Waals surface area contributed by atoms with Gasteiger partial charge >= 0.3 is 25.7 Å². The van der Waals surface area contributed by atoms with Crippen molar-refractivity contribution in [2.75, 3.05) is 0 Å². The second-order valence-electron chi connectivity index (χ2n) is 1.49. The topological polar surface area (TPSA) is 34.1 Å². The minimum absolute atomic E-state index is 1.24. The van der Waals surface area contributed by atoms with Gasteiger partial charge in [0.1, 0.15) is 0 Å². The molecule has 1 aromatic carbocycles. The first kappa shape index (κ1) is 9.96. The fourth-order valence-corrected chi connectivity index (χ4v) is 0.675. The summed E-state index contributed by atoms with van der Waals surface area (Å²) in [6.45, 7) is 0. The molecule has 0 bridgehead atoms. The van der Waals surface area contributed by atoms with E-state index in [1.807, 2.05) is 30.3 Å². The summed E-state index contributed by atoms with van der Waals surface area (Å²) in [6, 6.07) is 10.1. The third kappa shape index (κ3) is 6.09. The predicted molar refractivity (Wildman–Crippen MR) is 37.2 cm³/mol. The first-order valence-electron chi connectivity index (χ1n) is 2.61. The fourth-order valence-electron chi connectivity index (χ4n) is 0.453. The number of benzene rings is 1. The van der Waals surface area contributed by atoms with E-state index >= 15 is 0 Å². The van der Waals surface area contributed by atoms with E-state index in [0.29, 0.717) is 0 Å². The van der Waals surface area contributed by atoms with Gasteiger partial charge in [0, 0.05) is 0 Å². The molecule has 0 aliphatic heterocycles. The summed E-state index contributed by atoms with van der Waals surface area (Å²) < 4.78 is 17.0. The summed E-state index contributed by atoms with van der Waals surface area (Å²) >= 11 is -2.00. The first-order valence-corrected chi connectivity index (χ1v) is 4.46. The molecular weight excluding hydrogens is 183 g/mol. The molecule has 1 atom stereocenters. The molecule has 2 nitrogen and oxygen atoms in total. The Kier molecular flexibility index (Phi) is 7.05. The van der Waals surface area contributed by atoms with Crippen LogP contribution in [0.4, 0.5) is 0 Å². The Morgan fingerprint density at radius 1 is 1.10 bits per heavy atom. The van der Waals surface area contributed by atoms with Crippen LogP contribution in [0.1, 0.15) is 0 Å². The Balaban J connectivity index is 0.000000236. The molecule has 0 aliphatic carbocycles. The molecule has 1 aromatic rings. The van der Waals surface area contributed by atoms with Crippen LogP contribution in [0.3, 0.4) is 0 Å². The van der Waals surface area contributed by atoms with Crippen molar-refractivity contribution in [3.8, 4) is 0 Å². The molecule has 52 valence electrons. The van der Waals surface area contributed by atoms with Crippen LogP contribution < -0.4 is 5.30 Å². The van der Waals surface area contributed by atoms with Gasteiger partial charge in [0.2, 0.25) is 0 Å². The van der Waals surface area contributed by atoms with E-state index in [2.05, 4.69) is 9.24 Å². The van der Waals surface area contributed by atoms with Gasteiger partial charge in [-0.25, -0.2) is 0 Å². The molecule has 0 radical (unpaired) electrons. The Bertz CT molecular complexity index is 206. The van der Waals surface area contributed by atoms with E-state index < -0.39 is 19.1 Å². The quantitative estimate of drug-likeness (QED) is 0.450. The zero-order valence-corrected chi connectivity index (χ0v) is 8.00. The summed E-state index contributed by atoms with van der Waals surface area (Å²) in [7, 11) is 2.63. The number of rotatable bonds is 0. The molecule has 0 spiro atoms. The Morgan fingerprint density at radius 3 is 1.70 bits per heavy atom. The van der Waals surface area contributed by atoms with Crippen LogP contribution in [0.5, 0.6) is 0 Å². The average molecular weight is 190 g/mol. The van der Waals surface area contributed by atoms with E-state index in [-0.39, 0.29) is 0 Å². The van der Waals surface area contributed by atoms with Crippen molar-refractivity contribution in [1.29, 1.82) is 0 Å². The molecule has 0 aliphatic rings. The maximum absolute atomic E-state index is 8.50. The molecule has 4 heteroatoms. The molecule has 0 saturated carbocycles. The van der Waals surface area contributed by atoms with Gasteiger partial charge < -0.3 is 0 Å². The summed E-state index contributed by atoms with van der Waals surface area (Å²) in [5.41, 5.74) is 0. The van der Waals surface area contributed by atoms with Crippen LogP contribution in [0.25, 0.3) is 0 Å². The SMILES string of the molecule is Pc1ccccc1.[O]=[Ti]=[O]. The predicted octanol–water partition coefficient (Wildman–Crippen LogP) is 0.947. The van der Waals surface area contributed by atoms with E-state index in [1.165, 1.54) is 5.30 Å². The molecule has 1 unspecified atom stereocenters. The van der Waals surface area contributed by atoms with Crippen LogP contribution >= 0.6 is 9.24 Å². The number of hydrogen-bond acceptors (Lipinski definition) is 2. The normalized spacial score (nSPS) is 6.90. The van der Waals surface area contributed by atoms with Gasteiger partial charge in [-0.1, -0.05) is 30.3 Å². The van der Waals surface area contributed by atoms with Gasteiger partial charge in [-0.3, -0.25) is 0 Å². The van der Waals surface area contributed by atoms with Crippen LogP contribution in [-0.2, 0) is 25.7 Å². The summed E-state index contributed by atoms with van der Waals surface area (Å²) in [5, 5.41) is 1.24. The monoisotopic (exact) mass is 190 g/mol. The Labute approximate surface area is 70.8 Å². The zero-order valence-electron chi connectivity index (χ0n) is 5.28. The second-order valence-corrected chi connectivity index (χ2v) is 2.42. The van der Waals surface area contributed by atoms with Crippen LogP contribution in [0.2, 0.25) is 0 Å². The van der Waals surface area contributed by atoms with Crippen molar-refractivity contribution in [2.24, 2.45) is 0 Å². The molecule has 0 heterocycles. The number of hydrogen-bond donors (Lipinski definition) is 0. The van der Waals surface area contributed by atoms with Crippen LogP contribution in [0.15, 0.2) is 30.3 Å². The van der Waals surface area contributed by atoms with Crippen molar-refractivity contribution < 1.29 is 25.7 Å². The standard InChI is InChI=1S/C6H7P.2O.Ti/c7-6-4-2-1-3-5-6;;;/h1-5H,7H2;;;. The zero-order chi connectivity index (χ0) is 7.82. The first-order chi connectivity index (χ1) is 4.81. The Morgan fingerprint density at radius 2 is 1.50 bits per heavy atom. The molecular formula is C6H7O2PTi. The van der Waals surface area contributed by atoms with Gasteiger partial charge in [-0.05, 0) is 5.30 Å². The van der Waals surface area contributed by atoms with Gasteiger partial charge in [0.05, 0.1) is 0 Å². The summed E-state index contributed by atoms with van der Waals surface area (Å²) in [4.78, 5) is 0. The van der Waals surface area contributed by atoms with E-state index in [9.17, 15) is 0 Å². The molecule has 0 fully saturated rings. The van der Waals surface area contributed by atoms with Crippen molar-refractivity contribution in [3.05, 3.63) is 30.3 Å². The third-order valence-corrected chi connectivity index (χ3v) is 1.18. The van der Waals surface area contributed by atoms with E-state index in [0.717, 1.165) is 0 Å². The molecule has 0 aromatic heterocycles. The average Bonchev–Trinajstić information content (AvgIpc) is 1.91. The molecule has 0 saturated heterocycles. The van der Waals surface area contributed by atoms with Crippen LogP contribution in [0, 0.1) is 0 Å². The van der Waals surface area contributed by atoms with Gasteiger partial charge in [0.25, 0.3) is 0 Å². The third-order valence-electron chi connectivity index (χ3n) is 0.800. The molecule has 1 rings (SSSR count). The van der Waals surface area contributed by atoms with E-state index in [4.69, 9.17) is 6.65 Å². The van der Waals surface area contributed by atoms with Crippen molar-refractivity contribution in [1.82, 2.24) is 0 Å². The molecule has 10 heavy (non-hydrogen) atoms. The van der Waals surface area contributed by atoms with Gasteiger partial charge in [-0.2, -0.15) is 0 Å². The summed E-state index contributed by atoms with van der Waals surface area (Å²) in [6.07, 6.45) is 0. The van der Waals surface area contributed by atoms with Crippen molar-refractivity contribution >= 4 is 14.5 Å². The van der Waals surface area contributed by atoms with Crippen molar-refractivity contribution in [2.45, 2.75) is 0 Å². The molecule has 0 amide bonds. The van der Waals surface area contributed by atoms with Crippen molar-refractivity contribution in [3.63, 3.8) is 0 Å². The van der Waals surface area contributed by atoms with Crippen LogP contribution in [-0.4, -0.2) is 0 Å². The van der Waals surface area contributed by atoms with E-state index in [1.54, 1.807) is 0 Å². The maximum atomic E-state index is 8.50. The summed E-state index contributed by atoms with van der Waals surface area (Å²) in [5.74, 6) is 0.